The second kappa shape index (κ2) is 8.92. The number of aromatic nitrogens is 2. The molecule has 0 bridgehead atoms. The number of fused-ring (bicyclic) bond motifs is 1. The summed E-state index contributed by atoms with van der Waals surface area (Å²) in [6.45, 7) is 3.50. The minimum atomic E-state index is -1.11. The number of halogens is 2. The second-order valence-corrected chi connectivity index (χ2v) is 10.2. The fourth-order valence-corrected chi connectivity index (χ4v) is 6.56. The smallest absolute Gasteiger partial charge is 0.239 e. The third kappa shape index (κ3) is 4.12. The van der Waals surface area contributed by atoms with Gasteiger partial charge < -0.3 is 15.4 Å². The molecule has 4 rings (SSSR count). The van der Waals surface area contributed by atoms with Crippen LogP contribution in [-0.4, -0.2) is 51.4 Å². The normalized spacial score (nSPS) is 27.3. The summed E-state index contributed by atoms with van der Waals surface area (Å²) in [6.07, 6.45) is 3.61. The van der Waals surface area contributed by atoms with Crippen molar-refractivity contribution in [2.24, 2.45) is 22.6 Å². The van der Waals surface area contributed by atoms with E-state index in [1.165, 1.54) is 53.3 Å². The van der Waals surface area contributed by atoms with Crippen molar-refractivity contribution < 1.29 is 18.3 Å². The number of benzene rings is 1. The molecule has 2 heterocycles. The molecule has 0 radical (unpaired) electrons. The Morgan fingerprint density at radius 2 is 2.11 bits per heavy atom. The van der Waals surface area contributed by atoms with E-state index in [2.05, 4.69) is 15.0 Å². The van der Waals surface area contributed by atoms with Gasteiger partial charge in [-0.05, 0) is 36.6 Å². The fraction of sp³-hybridized carbons (Fsp3) is 0.375. The number of amidine groups is 1. The van der Waals surface area contributed by atoms with Gasteiger partial charge in [0.15, 0.2) is 17.6 Å². The lowest BCUT2D eigenvalue weighted by Crippen LogP contribution is -2.44. The van der Waals surface area contributed by atoms with E-state index in [1.807, 2.05) is 6.92 Å². The predicted octanol–water partition coefficient (Wildman–Crippen LogP) is 3.36. The molecule has 1 aromatic carbocycles. The Hall–Kier alpha value is -3.52. The molecule has 1 saturated carbocycles. The first kappa shape index (κ1) is 24.6. The van der Waals surface area contributed by atoms with Crippen molar-refractivity contribution in [3.8, 4) is 11.9 Å². The van der Waals surface area contributed by atoms with Gasteiger partial charge in [0.2, 0.25) is 11.8 Å². The first-order chi connectivity index (χ1) is 16.5. The zero-order valence-electron chi connectivity index (χ0n) is 19.6. The summed E-state index contributed by atoms with van der Waals surface area (Å²) in [4.78, 5) is 27.1. The van der Waals surface area contributed by atoms with Gasteiger partial charge in [0.05, 0.1) is 17.9 Å². The van der Waals surface area contributed by atoms with Gasteiger partial charge in [-0.2, -0.15) is 5.26 Å². The Balaban J connectivity index is 1.69. The van der Waals surface area contributed by atoms with E-state index in [4.69, 9.17) is 15.7 Å². The van der Waals surface area contributed by atoms with Crippen molar-refractivity contribution in [2.75, 3.05) is 20.7 Å². The first-order valence-corrected chi connectivity index (χ1v) is 11.6. The van der Waals surface area contributed by atoms with E-state index in [0.29, 0.717) is 5.56 Å². The highest BCUT2D eigenvalue weighted by atomic mass is 32.2. The maximum atomic E-state index is 15.2. The summed E-state index contributed by atoms with van der Waals surface area (Å²) >= 11 is 1.23. The molecule has 2 aromatic rings. The Morgan fingerprint density at radius 1 is 1.37 bits per heavy atom. The van der Waals surface area contributed by atoms with Gasteiger partial charge in [0.1, 0.15) is 22.3 Å². The highest BCUT2D eigenvalue weighted by molar-refractivity contribution is 8.15. The average Bonchev–Trinajstić information content (AvgIpc) is 3.43. The molecule has 2 aliphatic rings. The largest absolute Gasteiger partial charge is 0.461 e. The van der Waals surface area contributed by atoms with E-state index in [1.54, 1.807) is 27.1 Å². The number of hydrogen-bond donors (Lipinski definition) is 1. The number of carbonyl (C=O) groups is 1. The molecule has 0 saturated heterocycles. The summed E-state index contributed by atoms with van der Waals surface area (Å²) in [5.41, 5.74) is 5.61. The van der Waals surface area contributed by atoms with Gasteiger partial charge in [-0.3, -0.25) is 9.79 Å². The number of hydrogen-bond acceptors (Lipinski definition) is 8. The van der Waals surface area contributed by atoms with Gasteiger partial charge in [-0.1, -0.05) is 24.8 Å². The van der Waals surface area contributed by atoms with Crippen molar-refractivity contribution in [3.05, 3.63) is 53.2 Å². The summed E-state index contributed by atoms with van der Waals surface area (Å²) in [6, 6.07) is 6.02. The van der Waals surface area contributed by atoms with Crippen molar-refractivity contribution in [1.29, 1.82) is 5.26 Å². The minimum Gasteiger partial charge on any atom is -0.461 e. The van der Waals surface area contributed by atoms with E-state index < -0.39 is 21.9 Å². The summed E-state index contributed by atoms with van der Waals surface area (Å²) in [5.74, 6) is -1.58. The average molecular weight is 499 g/mol. The maximum absolute atomic E-state index is 15.2. The third-order valence-electron chi connectivity index (χ3n) is 6.48. The summed E-state index contributed by atoms with van der Waals surface area (Å²) in [5, 5.41) is 8.76. The van der Waals surface area contributed by atoms with Crippen LogP contribution in [-0.2, 0) is 10.3 Å². The number of nitriles is 1. The molecule has 1 amide bonds. The fourth-order valence-electron chi connectivity index (χ4n) is 4.90. The highest BCUT2D eigenvalue weighted by Crippen LogP contribution is 2.70. The van der Waals surface area contributed by atoms with Crippen molar-refractivity contribution in [3.63, 3.8) is 0 Å². The van der Waals surface area contributed by atoms with Crippen LogP contribution in [0.1, 0.15) is 30.7 Å². The molecule has 4 atom stereocenters. The molecule has 8 nitrogen and oxygen atoms in total. The number of nitrogens with two attached hydrogens (primary N) is 1. The van der Waals surface area contributed by atoms with Crippen LogP contribution in [0.2, 0.25) is 0 Å². The lowest BCUT2D eigenvalue weighted by atomic mass is 9.84. The quantitative estimate of drug-likeness (QED) is 0.649. The molecule has 2 N–H and O–H groups in total. The minimum absolute atomic E-state index is 0.0471. The molecule has 0 spiro atoms. The number of rotatable bonds is 6. The van der Waals surface area contributed by atoms with Crippen LogP contribution in [0, 0.1) is 29.0 Å². The van der Waals surface area contributed by atoms with Crippen LogP contribution < -0.4 is 10.5 Å². The van der Waals surface area contributed by atoms with Crippen molar-refractivity contribution in [1.82, 2.24) is 14.9 Å². The van der Waals surface area contributed by atoms with Crippen LogP contribution in [0.15, 0.2) is 35.6 Å². The molecule has 1 aromatic heterocycles. The van der Waals surface area contributed by atoms with E-state index >= 15 is 4.39 Å². The Morgan fingerprint density at radius 3 is 2.74 bits per heavy atom. The van der Waals surface area contributed by atoms with E-state index in [0.717, 1.165) is 0 Å². The molecular weight excluding hydrogens is 474 g/mol. The van der Waals surface area contributed by atoms with Gasteiger partial charge in [-0.25, -0.2) is 18.7 Å². The predicted molar refractivity (Wildman–Crippen MR) is 129 cm³/mol. The SMILES string of the molecule is CC1C2[C@@]1(C(=O)N(C)C)SC(N)=N[C@]2(C)c1cc(/C=C(\F)c2cnc(OCC#N)cn2)ccc1F. The number of carbonyl (C=O) groups excluding carboxylic acids is 1. The van der Waals surface area contributed by atoms with Crippen LogP contribution in [0.4, 0.5) is 8.78 Å². The van der Waals surface area contributed by atoms with Crippen LogP contribution in [0.25, 0.3) is 11.9 Å². The van der Waals surface area contributed by atoms with Gasteiger partial charge in [0.25, 0.3) is 0 Å². The zero-order chi connectivity index (χ0) is 25.5. The van der Waals surface area contributed by atoms with E-state index in [9.17, 15) is 9.18 Å². The molecular formula is C24H24F2N6O2S. The number of nitrogens with zero attached hydrogens (tertiary/aromatic N) is 5. The third-order valence-corrected chi connectivity index (χ3v) is 7.92. The molecule has 2 unspecified atom stereocenters. The Kier molecular flexibility index (Phi) is 6.27. The second-order valence-electron chi connectivity index (χ2n) is 8.88. The van der Waals surface area contributed by atoms with Gasteiger partial charge >= 0.3 is 0 Å². The zero-order valence-corrected chi connectivity index (χ0v) is 20.4. The summed E-state index contributed by atoms with van der Waals surface area (Å²) < 4.78 is 34.3. The monoisotopic (exact) mass is 498 g/mol. The molecule has 11 heteroatoms. The molecule has 1 aliphatic carbocycles. The topological polar surface area (TPSA) is 117 Å². The number of amides is 1. The van der Waals surface area contributed by atoms with E-state index in [-0.39, 0.29) is 46.7 Å². The highest BCUT2D eigenvalue weighted by Gasteiger charge is 2.76. The molecule has 35 heavy (non-hydrogen) atoms. The number of aliphatic imine (C=N–C) groups is 1. The summed E-state index contributed by atoms with van der Waals surface area (Å²) in [7, 11) is 3.36. The Labute approximate surface area is 205 Å². The van der Waals surface area contributed by atoms with Crippen LogP contribution in [0.3, 0.4) is 0 Å². The number of ether oxygens (including phenoxy) is 1. The first-order valence-electron chi connectivity index (χ1n) is 10.8. The van der Waals surface area contributed by atoms with Gasteiger partial charge in [-0.15, -0.1) is 0 Å². The van der Waals surface area contributed by atoms with Gasteiger partial charge in [0, 0.05) is 25.6 Å². The molecule has 1 aliphatic heterocycles. The lowest BCUT2D eigenvalue weighted by molar-refractivity contribution is -0.129. The standard InChI is InChI=1S/C24H24F2N6O2S/c1-13-20-23(2,31-22(28)35-24(13,20)21(33)32(3)4)15-9-14(5-6-16(15)25)10-17(26)18-11-30-19(12-29-18)34-8-7-27/h5-6,9-13,20H,8H2,1-4H3,(H2,28,31)/b17-10-/t13?,20?,23-,24+/m1/s1. The molecule has 1 fully saturated rings. The molecule has 182 valence electrons. The van der Waals surface area contributed by atoms with Crippen molar-refractivity contribution >= 4 is 34.7 Å². The van der Waals surface area contributed by atoms with Crippen LogP contribution >= 0.6 is 11.8 Å². The Bertz CT molecular complexity index is 1280. The van der Waals surface area contributed by atoms with Crippen LogP contribution in [0.5, 0.6) is 5.88 Å². The lowest BCUT2D eigenvalue weighted by Gasteiger charge is -2.34. The maximum Gasteiger partial charge on any atom is 0.239 e. The van der Waals surface area contributed by atoms with Crippen molar-refractivity contribution in [2.45, 2.75) is 24.1 Å². The number of thioether (sulfide) groups is 1.